The number of hydrogen-bond donors (Lipinski definition) is 0. The van der Waals surface area contributed by atoms with Gasteiger partial charge in [-0.05, 0) is 51.1 Å². The van der Waals surface area contributed by atoms with Gasteiger partial charge in [0.25, 0.3) is 6.29 Å². The number of fused-ring (bicyclic) bond motifs is 2. The smallest absolute Gasteiger partial charge is 0.256 e. The van der Waals surface area contributed by atoms with Gasteiger partial charge in [-0.2, -0.15) is 0 Å². The fourth-order valence-corrected chi connectivity index (χ4v) is 4.07. The molecule has 152 valence electrons. The van der Waals surface area contributed by atoms with Gasteiger partial charge in [-0.15, -0.1) is 5.10 Å². The van der Waals surface area contributed by atoms with Crippen LogP contribution in [-0.4, -0.2) is 64.0 Å². The van der Waals surface area contributed by atoms with Crippen molar-refractivity contribution in [3.8, 4) is 0 Å². The van der Waals surface area contributed by atoms with E-state index in [1.54, 1.807) is 18.2 Å². The molecule has 10 heteroatoms. The molecular weight excluding hydrogens is 390 g/mol. The van der Waals surface area contributed by atoms with E-state index in [0.29, 0.717) is 22.7 Å². The van der Waals surface area contributed by atoms with Gasteiger partial charge in [0.1, 0.15) is 29.3 Å². The molecule has 5 rings (SSSR count). The van der Waals surface area contributed by atoms with Gasteiger partial charge in [-0.1, -0.05) is 16.4 Å². The number of ether oxygens (including phenoxy) is 5. The lowest BCUT2D eigenvalue weighted by atomic mass is 10.1. The molecule has 3 fully saturated rings. The maximum atomic E-state index is 6.15. The second-order valence-electron chi connectivity index (χ2n) is 8.10. The van der Waals surface area contributed by atoms with E-state index < -0.39 is 30.1 Å². The Balaban J connectivity index is 1.42. The molecule has 0 bridgehead atoms. The van der Waals surface area contributed by atoms with Crippen molar-refractivity contribution in [1.82, 2.24) is 15.2 Å². The van der Waals surface area contributed by atoms with Gasteiger partial charge < -0.3 is 28.5 Å². The van der Waals surface area contributed by atoms with Crippen LogP contribution in [-0.2, 0) is 23.7 Å². The maximum Gasteiger partial charge on any atom is 0.256 e. The second-order valence-corrected chi connectivity index (χ2v) is 8.54. The molecule has 3 saturated heterocycles. The Morgan fingerprint density at radius 2 is 1.86 bits per heavy atom. The number of hydrogen-bond acceptors (Lipinski definition) is 8. The summed E-state index contributed by atoms with van der Waals surface area (Å²) in [7, 11) is 0. The predicted molar refractivity (Wildman–Crippen MR) is 96.5 cm³/mol. The molecule has 5 atom stereocenters. The molecule has 9 nitrogen and oxygen atoms in total. The summed E-state index contributed by atoms with van der Waals surface area (Å²) in [6.07, 6.45) is -2.27. The van der Waals surface area contributed by atoms with E-state index in [9.17, 15) is 0 Å². The van der Waals surface area contributed by atoms with E-state index in [2.05, 4.69) is 10.3 Å². The molecule has 3 aliphatic heterocycles. The Morgan fingerprint density at radius 3 is 2.61 bits per heavy atom. The van der Waals surface area contributed by atoms with Crippen LogP contribution in [0, 0.1) is 0 Å². The second kappa shape index (κ2) is 6.25. The quantitative estimate of drug-likeness (QED) is 0.757. The lowest BCUT2D eigenvalue weighted by Gasteiger charge is -2.26. The number of nitrogens with zero attached hydrogens (tertiary/aromatic N) is 3. The van der Waals surface area contributed by atoms with Gasteiger partial charge in [-0.25, -0.2) is 0 Å². The van der Waals surface area contributed by atoms with Crippen molar-refractivity contribution < 1.29 is 28.5 Å². The maximum absolute atomic E-state index is 6.15. The first-order valence-electron chi connectivity index (χ1n) is 9.22. The molecular formula is C18H22ClN3O6. The minimum absolute atomic E-state index is 0.296. The van der Waals surface area contributed by atoms with Crippen LogP contribution in [0.5, 0.6) is 0 Å². The standard InChI is InChI=1S/C18H22ClN3O6/c1-17(2)23-8-12(25-17)13-14-15(27-18(3,4)26-14)16(24-13)28-22-11-7-9(19)5-6-10(11)20-21-22/h5-7,12-16H,8H2,1-4H3/t12-,13+,14-,15+,16+/m1/s1. The molecule has 0 spiro atoms. The molecule has 1 aromatic carbocycles. The lowest BCUT2D eigenvalue weighted by molar-refractivity contribution is -0.249. The Hall–Kier alpha value is -1.49. The summed E-state index contributed by atoms with van der Waals surface area (Å²) >= 11 is 6.10. The fraction of sp³-hybridized carbons (Fsp3) is 0.667. The zero-order valence-corrected chi connectivity index (χ0v) is 16.8. The van der Waals surface area contributed by atoms with Gasteiger partial charge in [0.2, 0.25) is 0 Å². The first-order chi connectivity index (χ1) is 13.2. The molecule has 0 aliphatic carbocycles. The van der Waals surface area contributed by atoms with E-state index >= 15 is 0 Å². The van der Waals surface area contributed by atoms with Crippen molar-refractivity contribution in [3.05, 3.63) is 23.2 Å². The van der Waals surface area contributed by atoms with E-state index in [4.69, 9.17) is 40.1 Å². The zero-order chi connectivity index (χ0) is 19.7. The first-order valence-corrected chi connectivity index (χ1v) is 9.60. The van der Waals surface area contributed by atoms with Crippen LogP contribution in [0.25, 0.3) is 11.0 Å². The molecule has 0 amide bonds. The van der Waals surface area contributed by atoms with Crippen LogP contribution < -0.4 is 4.84 Å². The Bertz CT molecular complexity index is 903. The first kappa shape index (κ1) is 18.5. The highest BCUT2D eigenvalue weighted by Gasteiger charge is 2.60. The van der Waals surface area contributed by atoms with Gasteiger partial charge >= 0.3 is 0 Å². The minimum atomic E-state index is -0.762. The molecule has 28 heavy (non-hydrogen) atoms. The zero-order valence-electron chi connectivity index (χ0n) is 16.0. The van der Waals surface area contributed by atoms with Crippen molar-refractivity contribution >= 4 is 22.6 Å². The summed E-state index contributed by atoms with van der Waals surface area (Å²) in [5, 5.41) is 8.70. The highest BCUT2D eigenvalue weighted by molar-refractivity contribution is 6.31. The van der Waals surface area contributed by atoms with Gasteiger partial charge in [-0.3, -0.25) is 0 Å². The third-order valence-electron chi connectivity index (χ3n) is 5.02. The molecule has 0 saturated carbocycles. The Labute approximate surface area is 166 Å². The van der Waals surface area contributed by atoms with Crippen LogP contribution in [0.1, 0.15) is 27.7 Å². The predicted octanol–water partition coefficient (Wildman–Crippen LogP) is 1.91. The number of benzene rings is 1. The van der Waals surface area contributed by atoms with E-state index in [0.717, 1.165) is 0 Å². The SMILES string of the molecule is CC1(C)O[C@H]2[C@H](O1)[C@H](On1nnc3ccc(Cl)cc31)O[C@H]2[C@H]1COC(C)(C)O1. The lowest BCUT2D eigenvalue weighted by Crippen LogP contribution is -2.40. The number of halogens is 1. The van der Waals surface area contributed by atoms with Gasteiger partial charge in [0.05, 0.1) is 6.61 Å². The summed E-state index contributed by atoms with van der Waals surface area (Å²) in [4.78, 5) is 7.29. The molecule has 2 aromatic rings. The number of aromatic nitrogens is 3. The molecule has 1 aromatic heterocycles. The summed E-state index contributed by atoms with van der Waals surface area (Å²) in [6.45, 7) is 7.86. The van der Waals surface area contributed by atoms with Crippen molar-refractivity contribution in [1.29, 1.82) is 0 Å². The summed E-state index contributed by atoms with van der Waals surface area (Å²) < 4.78 is 30.0. The van der Waals surface area contributed by atoms with Crippen LogP contribution in [0.4, 0.5) is 0 Å². The average molecular weight is 412 g/mol. The normalized spacial score (nSPS) is 36.1. The van der Waals surface area contributed by atoms with Crippen LogP contribution in [0.3, 0.4) is 0 Å². The van der Waals surface area contributed by atoms with E-state index in [-0.39, 0.29) is 12.2 Å². The average Bonchev–Trinajstić information content (AvgIpc) is 3.32. The third kappa shape index (κ3) is 3.16. The van der Waals surface area contributed by atoms with E-state index in [1.807, 2.05) is 27.7 Å². The van der Waals surface area contributed by atoms with Crippen LogP contribution >= 0.6 is 11.6 Å². The Kier molecular flexibility index (Phi) is 4.14. The topological polar surface area (TPSA) is 86.1 Å². The highest BCUT2D eigenvalue weighted by atomic mass is 35.5. The molecule has 0 N–H and O–H groups in total. The number of rotatable bonds is 3. The molecule has 3 aliphatic rings. The monoisotopic (exact) mass is 411 g/mol. The summed E-state index contributed by atoms with van der Waals surface area (Å²) in [5.74, 6) is -1.43. The fourth-order valence-electron chi connectivity index (χ4n) is 3.90. The van der Waals surface area contributed by atoms with Crippen molar-refractivity contribution in [2.75, 3.05) is 6.61 Å². The van der Waals surface area contributed by atoms with Crippen LogP contribution in [0.15, 0.2) is 18.2 Å². The summed E-state index contributed by atoms with van der Waals surface area (Å²) in [5.41, 5.74) is 1.30. The third-order valence-corrected chi connectivity index (χ3v) is 5.26. The van der Waals surface area contributed by atoms with Crippen LogP contribution in [0.2, 0.25) is 5.02 Å². The van der Waals surface area contributed by atoms with Crippen molar-refractivity contribution in [2.45, 2.75) is 70.0 Å². The van der Waals surface area contributed by atoms with E-state index in [1.165, 1.54) is 4.85 Å². The van der Waals surface area contributed by atoms with Gasteiger partial charge in [0.15, 0.2) is 17.7 Å². The molecule has 0 radical (unpaired) electrons. The van der Waals surface area contributed by atoms with Crippen molar-refractivity contribution in [2.24, 2.45) is 0 Å². The largest absolute Gasteiger partial charge is 0.360 e. The van der Waals surface area contributed by atoms with Crippen molar-refractivity contribution in [3.63, 3.8) is 0 Å². The highest BCUT2D eigenvalue weighted by Crippen LogP contribution is 2.42. The van der Waals surface area contributed by atoms with Gasteiger partial charge in [0, 0.05) is 5.02 Å². The summed E-state index contributed by atoms with van der Waals surface area (Å²) in [6, 6.07) is 5.25. The minimum Gasteiger partial charge on any atom is -0.360 e. The molecule has 4 heterocycles. The molecule has 0 unspecified atom stereocenters. The Morgan fingerprint density at radius 1 is 1.07 bits per heavy atom.